The predicted molar refractivity (Wildman–Crippen MR) is 130 cm³/mol. The van der Waals surface area contributed by atoms with Crippen LogP contribution in [0, 0.1) is 0 Å². The van der Waals surface area contributed by atoms with E-state index in [-0.39, 0.29) is 31.2 Å². The minimum Gasteiger partial charge on any atom is -0.450 e. The van der Waals surface area contributed by atoms with Gasteiger partial charge in [-0.25, -0.2) is 14.2 Å². The molecule has 0 spiro atoms. The van der Waals surface area contributed by atoms with Crippen molar-refractivity contribution in [2.75, 3.05) is 11.9 Å². The second-order valence-corrected chi connectivity index (χ2v) is 7.74. The molecule has 0 saturated carbocycles. The number of amides is 2. The van der Waals surface area contributed by atoms with Gasteiger partial charge in [-0.15, -0.1) is 5.10 Å². The number of rotatable bonds is 9. The number of nitrogens with zero attached hydrogens (tertiary/aromatic N) is 6. The van der Waals surface area contributed by atoms with Gasteiger partial charge in [0.2, 0.25) is 5.91 Å². The highest BCUT2D eigenvalue weighted by Gasteiger charge is 2.09. The molecule has 2 aromatic heterocycles. The lowest BCUT2D eigenvalue weighted by Crippen LogP contribution is -2.27. The Labute approximate surface area is 205 Å². The van der Waals surface area contributed by atoms with Crippen molar-refractivity contribution in [3.05, 3.63) is 88.5 Å². The van der Waals surface area contributed by atoms with Crippen LogP contribution in [0.15, 0.2) is 71.8 Å². The first-order valence-electron chi connectivity index (χ1n) is 11.2. The average Bonchev–Trinajstić information content (AvgIpc) is 3.38. The topological polar surface area (TPSA) is 146 Å². The van der Waals surface area contributed by atoms with E-state index in [9.17, 15) is 14.4 Å². The molecular weight excluding hydrogens is 464 g/mol. The molecule has 0 aliphatic carbocycles. The van der Waals surface area contributed by atoms with Crippen LogP contribution in [0.25, 0.3) is 11.3 Å². The molecule has 4 rings (SSSR count). The summed E-state index contributed by atoms with van der Waals surface area (Å²) in [5.74, 6) is -0.223. The van der Waals surface area contributed by atoms with Gasteiger partial charge < -0.3 is 10.1 Å². The van der Waals surface area contributed by atoms with Crippen LogP contribution in [0.5, 0.6) is 0 Å². The van der Waals surface area contributed by atoms with Crippen molar-refractivity contribution < 1.29 is 14.3 Å². The van der Waals surface area contributed by atoms with E-state index in [1.165, 1.54) is 21.8 Å². The molecule has 0 bridgehead atoms. The van der Waals surface area contributed by atoms with Gasteiger partial charge in [-0.1, -0.05) is 30.3 Å². The van der Waals surface area contributed by atoms with Gasteiger partial charge in [0.15, 0.2) is 0 Å². The van der Waals surface area contributed by atoms with Crippen molar-refractivity contribution in [3.63, 3.8) is 0 Å². The number of tetrazole rings is 1. The smallest absolute Gasteiger partial charge is 0.411 e. The molecule has 2 heterocycles. The van der Waals surface area contributed by atoms with Crippen LogP contribution in [0.3, 0.4) is 0 Å². The summed E-state index contributed by atoms with van der Waals surface area (Å²) in [4.78, 5) is 36.3. The van der Waals surface area contributed by atoms with Gasteiger partial charge in [-0.05, 0) is 52.7 Å². The second-order valence-electron chi connectivity index (χ2n) is 7.74. The predicted octanol–water partition coefficient (Wildman–Crippen LogP) is 1.83. The fourth-order valence-electron chi connectivity index (χ4n) is 3.42. The Morgan fingerprint density at radius 2 is 1.86 bits per heavy atom. The summed E-state index contributed by atoms with van der Waals surface area (Å²) in [6.07, 6.45) is 0.826. The molecule has 0 radical (unpaired) electrons. The number of carbonyl (C=O) groups excluding carboxylic acids is 2. The molecule has 0 atom stereocenters. The molecule has 2 amide bonds. The fourth-order valence-corrected chi connectivity index (χ4v) is 3.42. The molecule has 0 aliphatic heterocycles. The molecule has 12 nitrogen and oxygen atoms in total. The lowest BCUT2D eigenvalue weighted by molar-refractivity contribution is -0.122. The zero-order valence-corrected chi connectivity index (χ0v) is 19.5. The maximum Gasteiger partial charge on any atom is 0.411 e. The largest absolute Gasteiger partial charge is 0.450 e. The normalized spacial score (nSPS) is 10.6. The lowest BCUT2D eigenvalue weighted by Gasteiger charge is -2.11. The molecule has 4 aromatic rings. The summed E-state index contributed by atoms with van der Waals surface area (Å²) < 4.78 is 7.60. The molecule has 0 fully saturated rings. The van der Waals surface area contributed by atoms with Crippen molar-refractivity contribution >= 4 is 17.7 Å². The Balaban J connectivity index is 1.45. The van der Waals surface area contributed by atoms with E-state index in [4.69, 9.17) is 4.74 Å². The SMILES string of the molecule is CCOC(=O)Nc1cccc(Cn2nc(-c3cccc(CNC(=O)Cn4cnnn4)c3)ccc2=O)c1. The third-order valence-corrected chi connectivity index (χ3v) is 5.06. The summed E-state index contributed by atoms with van der Waals surface area (Å²) in [5.41, 5.74) is 3.37. The summed E-state index contributed by atoms with van der Waals surface area (Å²) in [7, 11) is 0. The van der Waals surface area contributed by atoms with E-state index < -0.39 is 6.09 Å². The maximum absolute atomic E-state index is 12.5. The zero-order chi connectivity index (χ0) is 25.3. The molecule has 2 aromatic carbocycles. The molecular formula is C24H24N8O4. The number of hydrogen-bond acceptors (Lipinski definition) is 8. The van der Waals surface area contributed by atoms with Crippen LogP contribution >= 0.6 is 0 Å². The number of aromatic nitrogens is 6. The highest BCUT2D eigenvalue weighted by Crippen LogP contribution is 2.18. The van der Waals surface area contributed by atoms with Crippen LogP contribution in [0.1, 0.15) is 18.1 Å². The van der Waals surface area contributed by atoms with Gasteiger partial charge in [0.25, 0.3) is 5.56 Å². The van der Waals surface area contributed by atoms with Crippen LogP contribution < -0.4 is 16.2 Å². The van der Waals surface area contributed by atoms with Gasteiger partial charge in [-0.3, -0.25) is 14.9 Å². The van der Waals surface area contributed by atoms with Crippen molar-refractivity contribution in [1.29, 1.82) is 0 Å². The van der Waals surface area contributed by atoms with Gasteiger partial charge in [-0.2, -0.15) is 5.10 Å². The highest BCUT2D eigenvalue weighted by molar-refractivity contribution is 5.84. The summed E-state index contributed by atoms with van der Waals surface area (Å²) >= 11 is 0. The van der Waals surface area contributed by atoms with Gasteiger partial charge in [0.1, 0.15) is 12.9 Å². The molecule has 0 saturated heterocycles. The van der Waals surface area contributed by atoms with E-state index in [1.54, 1.807) is 31.2 Å². The first-order valence-corrected chi connectivity index (χ1v) is 11.2. The Morgan fingerprint density at radius 3 is 2.67 bits per heavy atom. The minimum atomic E-state index is -0.543. The number of hydrogen-bond donors (Lipinski definition) is 2. The first-order chi connectivity index (χ1) is 17.5. The molecule has 36 heavy (non-hydrogen) atoms. The average molecular weight is 489 g/mol. The van der Waals surface area contributed by atoms with Crippen LogP contribution in [-0.4, -0.2) is 48.6 Å². The van der Waals surface area contributed by atoms with Crippen LogP contribution in [-0.2, 0) is 29.2 Å². The third-order valence-electron chi connectivity index (χ3n) is 5.06. The number of nitrogens with one attached hydrogen (secondary N) is 2. The van der Waals surface area contributed by atoms with E-state index in [0.29, 0.717) is 17.9 Å². The molecule has 0 aliphatic rings. The quantitative estimate of drug-likeness (QED) is 0.363. The highest BCUT2D eigenvalue weighted by atomic mass is 16.5. The zero-order valence-electron chi connectivity index (χ0n) is 19.5. The Kier molecular flexibility index (Phi) is 7.76. The third kappa shape index (κ3) is 6.59. The van der Waals surface area contributed by atoms with Gasteiger partial charge >= 0.3 is 6.09 Å². The summed E-state index contributed by atoms with van der Waals surface area (Å²) in [6.45, 7) is 2.56. The number of benzene rings is 2. The van der Waals surface area contributed by atoms with Crippen molar-refractivity contribution in [2.24, 2.45) is 0 Å². The second kappa shape index (κ2) is 11.5. The Morgan fingerprint density at radius 1 is 1.03 bits per heavy atom. The summed E-state index contributed by atoms with van der Waals surface area (Å²) in [5, 5.41) is 20.7. The number of ether oxygens (including phenoxy) is 1. The molecule has 0 unspecified atom stereocenters. The number of carbonyl (C=O) groups is 2. The molecule has 184 valence electrons. The van der Waals surface area contributed by atoms with E-state index in [2.05, 4.69) is 31.3 Å². The standard InChI is InChI=1S/C24H24N8O4/c1-2-36-24(35)27-20-8-4-6-18(12-20)14-32-23(34)10-9-21(28-32)19-7-3-5-17(11-19)13-25-22(33)15-31-16-26-29-30-31/h3-12,16H,2,13-15H2,1H3,(H,25,33)(H,27,35). The van der Waals surface area contributed by atoms with E-state index >= 15 is 0 Å². The van der Waals surface area contributed by atoms with Crippen molar-refractivity contribution in [1.82, 2.24) is 35.3 Å². The van der Waals surface area contributed by atoms with Crippen molar-refractivity contribution in [2.45, 2.75) is 26.6 Å². The van der Waals surface area contributed by atoms with Crippen LogP contribution in [0.4, 0.5) is 10.5 Å². The Bertz CT molecular complexity index is 1400. The van der Waals surface area contributed by atoms with E-state index in [0.717, 1.165) is 16.7 Å². The maximum atomic E-state index is 12.5. The minimum absolute atomic E-state index is 0.0235. The van der Waals surface area contributed by atoms with Crippen LogP contribution in [0.2, 0.25) is 0 Å². The fraction of sp³-hybridized carbons (Fsp3) is 0.208. The Hall–Kier alpha value is -4.87. The molecule has 2 N–H and O–H groups in total. The van der Waals surface area contributed by atoms with Crippen molar-refractivity contribution in [3.8, 4) is 11.3 Å². The number of anilines is 1. The van der Waals surface area contributed by atoms with E-state index in [1.807, 2.05) is 30.3 Å². The first kappa shape index (κ1) is 24.3. The van der Waals surface area contributed by atoms with Gasteiger partial charge in [0, 0.05) is 23.9 Å². The molecule has 12 heteroatoms. The lowest BCUT2D eigenvalue weighted by atomic mass is 10.1. The van der Waals surface area contributed by atoms with Gasteiger partial charge in [0.05, 0.1) is 18.8 Å². The summed E-state index contributed by atoms with van der Waals surface area (Å²) in [6, 6.07) is 17.8. The monoisotopic (exact) mass is 488 g/mol.